The van der Waals surface area contributed by atoms with Crippen LogP contribution in [0, 0.1) is 15.9 Å². The van der Waals surface area contributed by atoms with E-state index in [4.69, 9.17) is 0 Å². The Morgan fingerprint density at radius 2 is 2.06 bits per heavy atom. The van der Waals surface area contributed by atoms with E-state index in [0.717, 1.165) is 6.07 Å². The van der Waals surface area contributed by atoms with Crippen LogP contribution in [0.1, 0.15) is 10.4 Å². The number of rotatable bonds is 4. The van der Waals surface area contributed by atoms with Crippen molar-refractivity contribution < 1.29 is 27.6 Å². The summed E-state index contributed by atoms with van der Waals surface area (Å²) >= 11 is 0. The number of nitrogens with zero attached hydrogens (tertiary/aromatic N) is 1. The van der Waals surface area contributed by atoms with Gasteiger partial charge < -0.3 is 4.74 Å². The standard InChI is InChI=1S/C8H4F3NO4/c9-7-4(3-13)6(16-8(10)11)2-1-5(7)12(14)15/h1-3,8H. The second-order valence-corrected chi connectivity index (χ2v) is 2.56. The number of carbonyl (C=O) groups excluding carboxylic acids is 1. The van der Waals surface area contributed by atoms with E-state index < -0.39 is 34.4 Å². The van der Waals surface area contributed by atoms with E-state index in [2.05, 4.69) is 4.74 Å². The topological polar surface area (TPSA) is 69.4 Å². The van der Waals surface area contributed by atoms with Crippen LogP contribution in [-0.4, -0.2) is 17.8 Å². The summed E-state index contributed by atoms with van der Waals surface area (Å²) in [5, 5.41) is 10.3. The first-order chi connectivity index (χ1) is 7.47. The summed E-state index contributed by atoms with van der Waals surface area (Å²) in [6.07, 6.45) is -0.125. The Balaban J connectivity index is 3.29. The molecule has 1 aromatic rings. The molecule has 0 aliphatic heterocycles. The summed E-state index contributed by atoms with van der Waals surface area (Å²) in [5.41, 5.74) is -1.89. The Hall–Kier alpha value is -2.12. The van der Waals surface area contributed by atoms with Gasteiger partial charge >= 0.3 is 12.3 Å². The number of nitro groups is 1. The van der Waals surface area contributed by atoms with Gasteiger partial charge in [-0.05, 0) is 6.07 Å². The molecule has 0 bridgehead atoms. The Morgan fingerprint density at radius 1 is 1.44 bits per heavy atom. The first-order valence-corrected chi connectivity index (χ1v) is 3.84. The molecule has 16 heavy (non-hydrogen) atoms. The maximum absolute atomic E-state index is 13.2. The highest BCUT2D eigenvalue weighted by Crippen LogP contribution is 2.28. The highest BCUT2D eigenvalue weighted by Gasteiger charge is 2.22. The van der Waals surface area contributed by atoms with E-state index in [1.54, 1.807) is 0 Å². The highest BCUT2D eigenvalue weighted by atomic mass is 19.3. The number of alkyl halides is 2. The van der Waals surface area contributed by atoms with Crippen molar-refractivity contribution in [3.8, 4) is 5.75 Å². The van der Waals surface area contributed by atoms with Gasteiger partial charge in [-0.15, -0.1) is 0 Å². The summed E-state index contributed by atoms with van der Waals surface area (Å²) in [6.45, 7) is -3.25. The SMILES string of the molecule is O=Cc1c(OC(F)F)ccc([N+](=O)[O-])c1F. The molecule has 0 aliphatic rings. The number of benzene rings is 1. The average Bonchev–Trinajstić information content (AvgIpc) is 2.16. The molecule has 0 heterocycles. The molecule has 1 aromatic carbocycles. The molecule has 8 heteroatoms. The van der Waals surface area contributed by atoms with E-state index in [9.17, 15) is 28.1 Å². The van der Waals surface area contributed by atoms with Crippen molar-refractivity contribution in [1.82, 2.24) is 0 Å². The summed E-state index contributed by atoms with van der Waals surface area (Å²) in [7, 11) is 0. The molecule has 0 fully saturated rings. The van der Waals surface area contributed by atoms with Crippen LogP contribution >= 0.6 is 0 Å². The molecule has 0 atom stereocenters. The van der Waals surface area contributed by atoms with Gasteiger partial charge in [-0.2, -0.15) is 13.2 Å². The molecule has 0 aromatic heterocycles. The first-order valence-electron chi connectivity index (χ1n) is 3.84. The van der Waals surface area contributed by atoms with Crippen molar-refractivity contribution in [3.05, 3.63) is 33.6 Å². The molecule has 0 N–H and O–H groups in total. The molecule has 0 amide bonds. The molecule has 0 saturated carbocycles. The Kier molecular flexibility index (Phi) is 3.44. The highest BCUT2D eigenvalue weighted by molar-refractivity contribution is 5.81. The van der Waals surface area contributed by atoms with Gasteiger partial charge in [0.15, 0.2) is 6.29 Å². The second-order valence-electron chi connectivity index (χ2n) is 2.56. The van der Waals surface area contributed by atoms with E-state index in [0.29, 0.717) is 6.07 Å². The number of ether oxygens (including phenoxy) is 1. The zero-order valence-electron chi connectivity index (χ0n) is 7.52. The van der Waals surface area contributed by atoms with Gasteiger partial charge in [-0.1, -0.05) is 0 Å². The maximum Gasteiger partial charge on any atom is 0.387 e. The number of carbonyl (C=O) groups is 1. The quantitative estimate of drug-likeness (QED) is 0.455. The molecule has 0 aliphatic carbocycles. The Labute approximate surface area is 86.6 Å². The van der Waals surface area contributed by atoms with Gasteiger partial charge in [0, 0.05) is 6.07 Å². The van der Waals surface area contributed by atoms with Gasteiger partial charge in [0.25, 0.3) is 0 Å². The van der Waals surface area contributed by atoms with Crippen LogP contribution in [0.15, 0.2) is 12.1 Å². The summed E-state index contributed by atoms with van der Waals surface area (Å²) in [5.74, 6) is -2.24. The van der Waals surface area contributed by atoms with Crippen LogP contribution < -0.4 is 4.74 Å². The summed E-state index contributed by atoms with van der Waals surface area (Å²) in [6, 6.07) is 1.37. The van der Waals surface area contributed by atoms with Crippen molar-refractivity contribution >= 4 is 12.0 Å². The third-order valence-electron chi connectivity index (χ3n) is 1.65. The number of nitro benzene ring substituents is 1. The van der Waals surface area contributed by atoms with Gasteiger partial charge in [-0.25, -0.2) is 0 Å². The predicted octanol–water partition coefficient (Wildman–Crippen LogP) is 2.15. The largest absolute Gasteiger partial charge is 0.434 e. The molecular weight excluding hydrogens is 231 g/mol. The number of hydrogen-bond donors (Lipinski definition) is 0. The monoisotopic (exact) mass is 235 g/mol. The van der Waals surface area contributed by atoms with Gasteiger partial charge in [0.2, 0.25) is 5.82 Å². The van der Waals surface area contributed by atoms with Crippen molar-refractivity contribution in [2.24, 2.45) is 0 Å². The number of halogens is 3. The van der Waals surface area contributed by atoms with Gasteiger partial charge in [-0.3, -0.25) is 14.9 Å². The van der Waals surface area contributed by atoms with E-state index in [1.807, 2.05) is 0 Å². The minimum atomic E-state index is -3.25. The molecule has 0 unspecified atom stereocenters. The Morgan fingerprint density at radius 3 is 2.50 bits per heavy atom. The summed E-state index contributed by atoms with van der Waals surface area (Å²) < 4.78 is 40.7. The van der Waals surface area contributed by atoms with E-state index in [-0.39, 0.29) is 6.29 Å². The zero-order chi connectivity index (χ0) is 12.3. The lowest BCUT2D eigenvalue weighted by Crippen LogP contribution is -2.06. The molecule has 86 valence electrons. The van der Waals surface area contributed by atoms with Gasteiger partial charge in [0.05, 0.1) is 10.5 Å². The lowest BCUT2D eigenvalue weighted by molar-refractivity contribution is -0.387. The van der Waals surface area contributed by atoms with Crippen LogP contribution in [0.5, 0.6) is 5.75 Å². The Bertz CT molecular complexity index is 436. The number of hydrogen-bond acceptors (Lipinski definition) is 4. The van der Waals surface area contributed by atoms with Gasteiger partial charge in [0.1, 0.15) is 5.75 Å². The van der Waals surface area contributed by atoms with Crippen LogP contribution in [-0.2, 0) is 0 Å². The molecule has 0 radical (unpaired) electrons. The van der Waals surface area contributed by atoms with E-state index in [1.165, 1.54) is 0 Å². The lowest BCUT2D eigenvalue weighted by Gasteiger charge is -2.07. The van der Waals surface area contributed by atoms with Crippen molar-refractivity contribution in [3.63, 3.8) is 0 Å². The fourth-order valence-corrected chi connectivity index (χ4v) is 1.01. The van der Waals surface area contributed by atoms with Crippen LogP contribution in [0.25, 0.3) is 0 Å². The molecule has 0 saturated heterocycles. The summed E-state index contributed by atoms with van der Waals surface area (Å²) in [4.78, 5) is 19.6. The van der Waals surface area contributed by atoms with Crippen LogP contribution in [0.4, 0.5) is 18.9 Å². The fourth-order valence-electron chi connectivity index (χ4n) is 1.01. The molecule has 1 rings (SSSR count). The maximum atomic E-state index is 13.2. The third kappa shape index (κ3) is 2.27. The predicted molar refractivity (Wildman–Crippen MR) is 45.1 cm³/mol. The smallest absolute Gasteiger partial charge is 0.387 e. The molecule has 0 spiro atoms. The average molecular weight is 235 g/mol. The zero-order valence-corrected chi connectivity index (χ0v) is 7.52. The number of aldehydes is 1. The van der Waals surface area contributed by atoms with Crippen molar-refractivity contribution in [2.45, 2.75) is 6.61 Å². The van der Waals surface area contributed by atoms with Crippen LogP contribution in [0.3, 0.4) is 0 Å². The lowest BCUT2D eigenvalue weighted by atomic mass is 10.2. The van der Waals surface area contributed by atoms with Crippen molar-refractivity contribution in [1.29, 1.82) is 0 Å². The molecular formula is C8H4F3NO4. The van der Waals surface area contributed by atoms with E-state index >= 15 is 0 Å². The van der Waals surface area contributed by atoms with Crippen molar-refractivity contribution in [2.75, 3.05) is 0 Å². The minimum Gasteiger partial charge on any atom is -0.434 e. The normalized spacial score (nSPS) is 10.2. The van der Waals surface area contributed by atoms with Crippen LogP contribution in [0.2, 0.25) is 0 Å². The third-order valence-corrected chi connectivity index (χ3v) is 1.65. The minimum absolute atomic E-state index is 0.125. The fraction of sp³-hybridized carbons (Fsp3) is 0.125. The molecule has 5 nitrogen and oxygen atoms in total. The second kappa shape index (κ2) is 4.60. The first kappa shape index (κ1) is 12.0.